The summed E-state index contributed by atoms with van der Waals surface area (Å²) >= 11 is 0. The van der Waals surface area contributed by atoms with Gasteiger partial charge < -0.3 is 4.42 Å². The SMILES string of the molecule is O=C(NS(=O)(=O)N1CCCCC1)[C@@H]1C[C@H]1c1ccco1. The summed E-state index contributed by atoms with van der Waals surface area (Å²) in [5, 5.41) is 0. The van der Waals surface area contributed by atoms with Crippen molar-refractivity contribution in [3.63, 3.8) is 0 Å². The summed E-state index contributed by atoms with van der Waals surface area (Å²) in [7, 11) is -3.68. The Balaban J connectivity index is 1.59. The summed E-state index contributed by atoms with van der Waals surface area (Å²) in [6, 6.07) is 3.59. The smallest absolute Gasteiger partial charge is 0.303 e. The highest BCUT2D eigenvalue weighted by molar-refractivity contribution is 7.87. The maximum Gasteiger partial charge on any atom is 0.303 e. The Kier molecular flexibility index (Phi) is 3.55. The largest absolute Gasteiger partial charge is 0.469 e. The second-order valence-corrected chi connectivity index (χ2v) is 7.07. The third-order valence-corrected chi connectivity index (χ3v) is 5.42. The fourth-order valence-corrected chi connectivity index (χ4v) is 3.95. The van der Waals surface area contributed by atoms with Gasteiger partial charge in [0.15, 0.2) is 0 Å². The van der Waals surface area contributed by atoms with Crippen LogP contribution < -0.4 is 4.72 Å². The molecule has 1 amide bonds. The molecule has 2 fully saturated rings. The Morgan fingerprint density at radius 3 is 2.70 bits per heavy atom. The predicted molar refractivity (Wildman–Crippen MR) is 72.0 cm³/mol. The van der Waals surface area contributed by atoms with Gasteiger partial charge in [-0.05, 0) is 31.4 Å². The van der Waals surface area contributed by atoms with Gasteiger partial charge in [0.25, 0.3) is 0 Å². The van der Waals surface area contributed by atoms with E-state index < -0.39 is 16.1 Å². The van der Waals surface area contributed by atoms with E-state index in [1.165, 1.54) is 4.31 Å². The average Bonchev–Trinajstić information content (AvgIpc) is 3.06. The zero-order valence-electron chi connectivity index (χ0n) is 11.1. The molecule has 1 saturated carbocycles. The van der Waals surface area contributed by atoms with Crippen LogP contribution in [0.5, 0.6) is 0 Å². The highest BCUT2D eigenvalue weighted by Gasteiger charge is 2.47. The lowest BCUT2D eigenvalue weighted by Crippen LogP contribution is -2.46. The van der Waals surface area contributed by atoms with Gasteiger partial charge in [0.1, 0.15) is 5.76 Å². The van der Waals surface area contributed by atoms with E-state index >= 15 is 0 Å². The van der Waals surface area contributed by atoms with Crippen LogP contribution in [-0.4, -0.2) is 31.7 Å². The molecule has 2 heterocycles. The minimum Gasteiger partial charge on any atom is -0.469 e. The van der Waals surface area contributed by atoms with Gasteiger partial charge in [-0.1, -0.05) is 6.42 Å². The van der Waals surface area contributed by atoms with E-state index in [0.717, 1.165) is 25.0 Å². The summed E-state index contributed by atoms with van der Waals surface area (Å²) in [4.78, 5) is 12.0. The maximum atomic E-state index is 12.1. The Bertz CT molecular complexity index is 576. The highest BCUT2D eigenvalue weighted by Crippen LogP contribution is 2.47. The number of carbonyl (C=O) groups excluding carboxylic acids is 1. The predicted octanol–water partition coefficient (Wildman–Crippen LogP) is 1.23. The maximum absolute atomic E-state index is 12.1. The molecule has 1 aliphatic heterocycles. The first-order chi connectivity index (χ1) is 9.58. The zero-order valence-corrected chi connectivity index (χ0v) is 11.9. The third kappa shape index (κ3) is 2.73. The van der Waals surface area contributed by atoms with Crippen LogP contribution in [0.2, 0.25) is 0 Å². The second-order valence-electron chi connectivity index (χ2n) is 5.40. The molecule has 0 spiro atoms. The molecule has 20 heavy (non-hydrogen) atoms. The number of amides is 1. The monoisotopic (exact) mass is 298 g/mol. The molecule has 1 aromatic heterocycles. The number of nitrogens with one attached hydrogen (secondary N) is 1. The van der Waals surface area contributed by atoms with Crippen LogP contribution in [0.15, 0.2) is 22.8 Å². The molecule has 110 valence electrons. The van der Waals surface area contributed by atoms with Crippen molar-refractivity contribution in [3.05, 3.63) is 24.2 Å². The first kappa shape index (κ1) is 13.6. The molecular weight excluding hydrogens is 280 g/mol. The number of furan rings is 1. The van der Waals surface area contributed by atoms with Crippen molar-refractivity contribution in [3.8, 4) is 0 Å². The number of rotatable bonds is 4. The van der Waals surface area contributed by atoms with Crippen LogP contribution in [0.1, 0.15) is 37.4 Å². The summed E-state index contributed by atoms with van der Waals surface area (Å²) in [5.41, 5.74) is 0. The van der Waals surface area contributed by atoms with Crippen LogP contribution in [0.4, 0.5) is 0 Å². The van der Waals surface area contributed by atoms with Crippen LogP contribution in [-0.2, 0) is 15.0 Å². The van der Waals surface area contributed by atoms with Gasteiger partial charge in [-0.25, -0.2) is 4.72 Å². The first-order valence-electron chi connectivity index (χ1n) is 6.93. The number of hydrogen-bond acceptors (Lipinski definition) is 4. The van der Waals surface area contributed by atoms with Crippen molar-refractivity contribution >= 4 is 16.1 Å². The average molecular weight is 298 g/mol. The van der Waals surface area contributed by atoms with Crippen molar-refractivity contribution in [1.82, 2.24) is 9.03 Å². The van der Waals surface area contributed by atoms with Gasteiger partial charge >= 0.3 is 10.2 Å². The molecule has 2 aliphatic rings. The van der Waals surface area contributed by atoms with Crippen molar-refractivity contribution in [2.24, 2.45) is 5.92 Å². The van der Waals surface area contributed by atoms with Gasteiger partial charge in [-0.3, -0.25) is 4.79 Å². The van der Waals surface area contributed by atoms with E-state index in [-0.39, 0.29) is 11.8 Å². The molecule has 0 unspecified atom stereocenters. The van der Waals surface area contributed by atoms with Crippen molar-refractivity contribution < 1.29 is 17.6 Å². The highest BCUT2D eigenvalue weighted by atomic mass is 32.2. The fourth-order valence-electron chi connectivity index (χ4n) is 2.67. The number of hydrogen-bond donors (Lipinski definition) is 1. The van der Waals surface area contributed by atoms with Crippen LogP contribution in [0.3, 0.4) is 0 Å². The summed E-state index contributed by atoms with van der Waals surface area (Å²) in [6.45, 7) is 0.990. The molecule has 1 aromatic rings. The molecule has 7 heteroatoms. The minimum atomic E-state index is -3.68. The van der Waals surface area contributed by atoms with Crippen LogP contribution in [0, 0.1) is 5.92 Å². The lowest BCUT2D eigenvalue weighted by Gasteiger charge is -2.25. The summed E-state index contributed by atoms with van der Waals surface area (Å²) in [5.74, 6) is 0.0553. The second kappa shape index (κ2) is 5.21. The zero-order chi connectivity index (χ0) is 14.2. The van der Waals surface area contributed by atoms with E-state index in [2.05, 4.69) is 4.72 Å². The molecule has 0 bridgehead atoms. The third-order valence-electron chi connectivity index (χ3n) is 3.92. The molecule has 0 radical (unpaired) electrons. The number of piperidine rings is 1. The molecule has 1 aliphatic carbocycles. The van der Waals surface area contributed by atoms with Crippen LogP contribution >= 0.6 is 0 Å². The lowest BCUT2D eigenvalue weighted by atomic mass is 10.2. The topological polar surface area (TPSA) is 79.6 Å². The molecule has 1 N–H and O–H groups in total. The first-order valence-corrected chi connectivity index (χ1v) is 8.37. The molecule has 0 aromatic carbocycles. The van der Waals surface area contributed by atoms with E-state index in [0.29, 0.717) is 19.5 Å². The van der Waals surface area contributed by atoms with E-state index in [1.807, 2.05) is 6.07 Å². The van der Waals surface area contributed by atoms with E-state index in [4.69, 9.17) is 4.42 Å². The van der Waals surface area contributed by atoms with Gasteiger partial charge in [-0.2, -0.15) is 12.7 Å². The molecule has 2 atom stereocenters. The summed E-state index contributed by atoms with van der Waals surface area (Å²) < 4.78 is 33.0. The minimum absolute atomic E-state index is 0.0153. The van der Waals surface area contributed by atoms with E-state index in [1.54, 1.807) is 12.3 Å². The molecule has 3 rings (SSSR count). The fraction of sp³-hybridized carbons (Fsp3) is 0.615. The Hall–Kier alpha value is -1.34. The Morgan fingerprint density at radius 1 is 1.30 bits per heavy atom. The van der Waals surface area contributed by atoms with Gasteiger partial charge in [0.2, 0.25) is 5.91 Å². The van der Waals surface area contributed by atoms with Crippen molar-refractivity contribution in [2.75, 3.05) is 13.1 Å². The van der Waals surface area contributed by atoms with Crippen molar-refractivity contribution in [1.29, 1.82) is 0 Å². The molecule has 1 saturated heterocycles. The van der Waals surface area contributed by atoms with Gasteiger partial charge in [0, 0.05) is 24.9 Å². The molecule has 6 nitrogen and oxygen atoms in total. The van der Waals surface area contributed by atoms with E-state index in [9.17, 15) is 13.2 Å². The number of carbonyl (C=O) groups is 1. The van der Waals surface area contributed by atoms with Crippen LogP contribution in [0.25, 0.3) is 0 Å². The number of nitrogens with zero attached hydrogens (tertiary/aromatic N) is 1. The standard InChI is InChI=1S/C13H18N2O4S/c16-13(11-9-10(11)12-5-4-8-19-12)14-20(17,18)15-6-2-1-3-7-15/h4-5,8,10-11H,1-3,6-7,9H2,(H,14,16)/t10-,11-/m1/s1. The van der Waals surface area contributed by atoms with Crippen molar-refractivity contribution in [2.45, 2.75) is 31.6 Å². The Morgan fingerprint density at radius 2 is 2.05 bits per heavy atom. The van der Waals surface area contributed by atoms with Gasteiger partial charge in [-0.15, -0.1) is 0 Å². The summed E-state index contributed by atoms with van der Waals surface area (Å²) in [6.07, 6.45) is 4.96. The quantitative estimate of drug-likeness (QED) is 0.906. The van der Waals surface area contributed by atoms with Gasteiger partial charge in [0.05, 0.1) is 6.26 Å². The normalized spacial score (nSPS) is 27.2. The molecular formula is C13H18N2O4S. The Labute approximate surface area is 118 Å². The lowest BCUT2D eigenvalue weighted by molar-refractivity contribution is -0.120.